The Morgan fingerprint density at radius 2 is 1.00 bits per heavy atom. The molecule has 0 aromatic rings. The Morgan fingerprint density at radius 3 is 1.00 bits per heavy atom. The van der Waals surface area contributed by atoms with Crippen LogP contribution in [-0.2, 0) is 9.13 Å². The Bertz CT molecular complexity index is 201. The first-order chi connectivity index (χ1) is 6.27. The maximum Gasteiger partial charge on any atom is -0.0293 e. The van der Waals surface area contributed by atoms with E-state index < -0.39 is 15.6 Å². The molecule has 0 N–H and O–H groups in total. The average Bonchev–Trinajstić information content (AvgIpc) is 1.79. The normalized spacial score (nSPS) is 10.7. The van der Waals surface area contributed by atoms with Crippen molar-refractivity contribution in [2.24, 2.45) is 5.92 Å². The molecule has 0 saturated carbocycles. The molecule has 15 heavy (non-hydrogen) atoms. The van der Waals surface area contributed by atoms with E-state index in [1.54, 1.807) is 0 Å². The van der Waals surface area contributed by atoms with E-state index in [0.717, 1.165) is 0 Å². The summed E-state index contributed by atoms with van der Waals surface area (Å²) in [5.41, 5.74) is 0. The Balaban J connectivity index is -0.000000144. The van der Waals surface area contributed by atoms with Gasteiger partial charge in [0.15, 0.2) is 0 Å². The molecule has 94 valence electrons. The van der Waals surface area contributed by atoms with Crippen molar-refractivity contribution in [1.82, 2.24) is 0 Å². The van der Waals surface area contributed by atoms with Crippen LogP contribution in [0.2, 0.25) is 0 Å². The second kappa shape index (κ2) is 9.21. The minimum atomic E-state index is -5.39. The van der Waals surface area contributed by atoms with Crippen molar-refractivity contribution in [1.29, 1.82) is 0 Å². The molecule has 0 aliphatic rings. The molecule has 8 nitrogen and oxygen atoms in total. The maximum absolute atomic E-state index is 8.55. The molecular weight excluding hydrogens is 250 g/mol. The van der Waals surface area contributed by atoms with E-state index in [2.05, 4.69) is 20.4 Å². The highest BCUT2D eigenvalue weighted by Gasteiger charge is 1.73. The fourth-order valence-corrected chi connectivity index (χ4v) is 0. The Morgan fingerprint density at radius 1 is 0.933 bits per heavy atom. The summed E-state index contributed by atoms with van der Waals surface area (Å²) in [5.74, 6) is 0.648. The van der Waals surface area contributed by atoms with Gasteiger partial charge in [0.2, 0.25) is 0 Å². The van der Waals surface area contributed by atoms with Gasteiger partial charge in [-0.2, -0.15) is 15.6 Å². The SMILES string of the molecule is C=CC(C)C.O=P([O-])([O-])[O-].O=P([O-])([O-])[O-]. The van der Waals surface area contributed by atoms with Crippen LogP contribution in [0.5, 0.6) is 0 Å². The van der Waals surface area contributed by atoms with Crippen LogP contribution in [0.1, 0.15) is 13.8 Å². The summed E-state index contributed by atoms with van der Waals surface area (Å²) in [4.78, 5) is 51.3. The predicted molar refractivity (Wildman–Crippen MR) is 40.2 cm³/mol. The van der Waals surface area contributed by atoms with Crippen molar-refractivity contribution >= 4 is 15.6 Å². The maximum atomic E-state index is 8.55. The molecular formula is C5H10O8P2-6. The summed E-state index contributed by atoms with van der Waals surface area (Å²) in [6.45, 7) is 7.77. The standard InChI is InChI=1S/C5H10.2H3O4P/c1-4-5(2)3;2*1-5(2,3)4/h4-5H,1H2,2-3H3;2*(H3,1,2,3,4)/p-6. The molecule has 0 aromatic heterocycles. The molecule has 0 saturated heterocycles. The molecule has 0 aromatic carbocycles. The highest BCUT2D eigenvalue weighted by Crippen LogP contribution is 2.03. The van der Waals surface area contributed by atoms with Crippen molar-refractivity contribution in [3.05, 3.63) is 12.7 Å². The van der Waals surface area contributed by atoms with Crippen LogP contribution < -0.4 is 29.4 Å². The van der Waals surface area contributed by atoms with Crippen molar-refractivity contribution < 1.29 is 38.5 Å². The van der Waals surface area contributed by atoms with Gasteiger partial charge in [0.05, 0.1) is 0 Å². The Hall–Kier alpha value is -0.0400. The van der Waals surface area contributed by atoms with Gasteiger partial charge in [-0.05, 0) is 5.92 Å². The molecule has 0 aliphatic heterocycles. The van der Waals surface area contributed by atoms with E-state index in [0.29, 0.717) is 5.92 Å². The third-order valence-electron chi connectivity index (χ3n) is 0.471. The van der Waals surface area contributed by atoms with Crippen molar-refractivity contribution in [2.45, 2.75) is 13.8 Å². The van der Waals surface area contributed by atoms with Crippen LogP contribution in [0.15, 0.2) is 12.7 Å². The van der Waals surface area contributed by atoms with Crippen molar-refractivity contribution in [3.8, 4) is 0 Å². The minimum absolute atomic E-state index is 0.648. The minimum Gasteiger partial charge on any atom is -0.822 e. The van der Waals surface area contributed by atoms with Gasteiger partial charge < -0.3 is 38.5 Å². The molecule has 0 unspecified atom stereocenters. The van der Waals surface area contributed by atoms with Gasteiger partial charge in [0.25, 0.3) is 0 Å². The molecule has 10 heteroatoms. The van der Waals surface area contributed by atoms with Gasteiger partial charge in [-0.3, -0.25) is 0 Å². The second-order valence-corrected chi connectivity index (χ2v) is 4.16. The van der Waals surface area contributed by atoms with E-state index in [4.69, 9.17) is 38.5 Å². The number of allylic oxidation sites excluding steroid dienone is 1. The number of phosphoric acid groups is 2. The molecule has 0 aliphatic carbocycles. The Labute approximate surface area is 87.4 Å². The lowest BCUT2D eigenvalue weighted by Gasteiger charge is -2.36. The van der Waals surface area contributed by atoms with Gasteiger partial charge in [-0.15, -0.1) is 6.58 Å². The fraction of sp³-hybridized carbons (Fsp3) is 0.600. The van der Waals surface area contributed by atoms with Crippen LogP contribution in [0, 0.1) is 5.92 Å². The van der Waals surface area contributed by atoms with Gasteiger partial charge in [-0.1, -0.05) is 19.9 Å². The van der Waals surface area contributed by atoms with Crippen LogP contribution in [0.25, 0.3) is 0 Å². The second-order valence-electron chi connectivity index (χ2n) is 2.37. The summed E-state index contributed by atoms with van der Waals surface area (Å²) < 4.78 is 17.1. The first kappa shape index (κ1) is 20.4. The zero-order valence-electron chi connectivity index (χ0n) is 8.02. The molecule has 0 atom stereocenters. The zero-order chi connectivity index (χ0) is 13.3. The molecule has 0 spiro atoms. The molecule has 0 amide bonds. The predicted octanol–water partition coefficient (Wildman–Crippen LogP) is -3.82. The smallest absolute Gasteiger partial charge is 0.0293 e. The highest BCUT2D eigenvalue weighted by molar-refractivity contribution is 7.40. The highest BCUT2D eigenvalue weighted by atomic mass is 31.2. The first-order valence-corrected chi connectivity index (χ1v) is 6.28. The summed E-state index contributed by atoms with van der Waals surface area (Å²) in [5, 5.41) is 0. The van der Waals surface area contributed by atoms with Crippen molar-refractivity contribution in [2.75, 3.05) is 0 Å². The topological polar surface area (TPSA) is 172 Å². The van der Waals surface area contributed by atoms with E-state index in [-0.39, 0.29) is 0 Å². The van der Waals surface area contributed by atoms with Gasteiger partial charge >= 0.3 is 0 Å². The quantitative estimate of drug-likeness (QED) is 0.340. The van der Waals surface area contributed by atoms with E-state index in [1.165, 1.54) is 0 Å². The third kappa shape index (κ3) is 520. The Kier molecular flexibility index (Phi) is 12.5. The largest absolute Gasteiger partial charge is 0.822 e. The number of hydrogen-bond donors (Lipinski definition) is 0. The molecule has 0 rings (SSSR count). The number of rotatable bonds is 1. The van der Waals surface area contributed by atoms with E-state index in [9.17, 15) is 0 Å². The van der Waals surface area contributed by atoms with Crippen molar-refractivity contribution in [3.63, 3.8) is 0 Å². The zero-order valence-corrected chi connectivity index (χ0v) is 9.81. The van der Waals surface area contributed by atoms with Crippen LogP contribution in [0.3, 0.4) is 0 Å². The molecule has 0 heterocycles. The van der Waals surface area contributed by atoms with Gasteiger partial charge in [-0.25, -0.2) is 0 Å². The summed E-state index contributed by atoms with van der Waals surface area (Å²) in [7, 11) is -10.8. The van der Waals surface area contributed by atoms with Crippen LogP contribution in [0.4, 0.5) is 0 Å². The molecule has 0 bridgehead atoms. The summed E-state index contributed by atoms with van der Waals surface area (Å²) in [6.07, 6.45) is 1.92. The lowest BCUT2D eigenvalue weighted by Crippen LogP contribution is -2.24. The molecule has 0 radical (unpaired) electrons. The lowest BCUT2D eigenvalue weighted by molar-refractivity contribution is -0.434. The van der Waals surface area contributed by atoms with Gasteiger partial charge in [0.1, 0.15) is 0 Å². The monoisotopic (exact) mass is 260 g/mol. The lowest BCUT2D eigenvalue weighted by atomic mass is 10.2. The van der Waals surface area contributed by atoms with Crippen LogP contribution in [-0.4, -0.2) is 0 Å². The number of hydrogen-bond acceptors (Lipinski definition) is 8. The first-order valence-electron chi connectivity index (χ1n) is 3.36. The van der Waals surface area contributed by atoms with E-state index >= 15 is 0 Å². The third-order valence-corrected chi connectivity index (χ3v) is 0.471. The van der Waals surface area contributed by atoms with Crippen LogP contribution >= 0.6 is 15.6 Å². The fourth-order valence-electron chi connectivity index (χ4n) is 0. The van der Waals surface area contributed by atoms with E-state index in [1.807, 2.05) is 6.08 Å². The average molecular weight is 260 g/mol. The van der Waals surface area contributed by atoms with Gasteiger partial charge in [0, 0.05) is 0 Å². The molecule has 0 fully saturated rings. The summed E-state index contributed by atoms with van der Waals surface area (Å²) >= 11 is 0. The summed E-state index contributed by atoms with van der Waals surface area (Å²) in [6, 6.07) is 0.